The van der Waals surface area contributed by atoms with Crippen LogP contribution in [0.15, 0.2) is 78.0 Å². The van der Waals surface area contributed by atoms with Gasteiger partial charge in [-0.05, 0) is 50.5 Å². The van der Waals surface area contributed by atoms with Crippen molar-refractivity contribution in [3.8, 4) is 17.0 Å². The summed E-state index contributed by atoms with van der Waals surface area (Å²) in [6.07, 6.45) is 6.67. The Bertz CT molecular complexity index is 1390. The van der Waals surface area contributed by atoms with Crippen molar-refractivity contribution in [2.24, 2.45) is 7.05 Å². The van der Waals surface area contributed by atoms with Gasteiger partial charge in [-0.3, -0.25) is 10.2 Å². The van der Waals surface area contributed by atoms with Gasteiger partial charge in [0, 0.05) is 48.4 Å². The Labute approximate surface area is 238 Å². The van der Waals surface area contributed by atoms with Crippen molar-refractivity contribution in [2.75, 3.05) is 0 Å². The highest BCUT2D eigenvalue weighted by atomic mass is 16.5. The number of carbonyl (C=O) groups excluding carboxylic acids is 1. The fourth-order valence-electron chi connectivity index (χ4n) is 4.96. The Kier molecular flexibility index (Phi) is 8.96. The molecule has 2 aromatic carbocycles. The number of carbonyl (C=O) groups is 1. The minimum Gasteiger partial charge on any atom is -0.508 e. The van der Waals surface area contributed by atoms with Crippen LogP contribution < -0.4 is 5.43 Å². The highest BCUT2D eigenvalue weighted by Crippen LogP contribution is 2.27. The monoisotopic (exact) mass is 542 g/mol. The van der Waals surface area contributed by atoms with Crippen LogP contribution in [0.2, 0.25) is 0 Å². The van der Waals surface area contributed by atoms with E-state index in [0.29, 0.717) is 25.1 Å². The summed E-state index contributed by atoms with van der Waals surface area (Å²) in [6.45, 7) is 13.3. The second kappa shape index (κ2) is 12.2. The van der Waals surface area contributed by atoms with Gasteiger partial charge in [0.05, 0.1) is 17.9 Å². The Hall–Kier alpha value is -3.68. The highest BCUT2D eigenvalue weighted by molar-refractivity contribution is 5.96. The first-order chi connectivity index (χ1) is 18.9. The van der Waals surface area contributed by atoms with Gasteiger partial charge in [0.2, 0.25) is 0 Å². The summed E-state index contributed by atoms with van der Waals surface area (Å²) in [4.78, 5) is 18.2. The van der Waals surface area contributed by atoms with Gasteiger partial charge in [-0.2, -0.15) is 0 Å². The molecule has 4 rings (SSSR count). The van der Waals surface area contributed by atoms with E-state index in [4.69, 9.17) is 9.72 Å². The molecule has 1 heterocycles. The van der Waals surface area contributed by atoms with E-state index < -0.39 is 0 Å². The lowest BCUT2D eigenvalue weighted by molar-refractivity contribution is -0.122. The van der Waals surface area contributed by atoms with E-state index in [1.165, 1.54) is 0 Å². The number of rotatable bonds is 9. The molecule has 0 fully saturated rings. The van der Waals surface area contributed by atoms with Crippen molar-refractivity contribution < 1.29 is 14.6 Å². The molecule has 7 nitrogen and oxygen atoms in total. The van der Waals surface area contributed by atoms with E-state index in [1.54, 1.807) is 12.1 Å². The van der Waals surface area contributed by atoms with Crippen LogP contribution >= 0.6 is 0 Å². The van der Waals surface area contributed by atoms with Crippen molar-refractivity contribution in [2.45, 2.75) is 78.7 Å². The summed E-state index contributed by atoms with van der Waals surface area (Å²) in [5.74, 6) is 1.05. The number of amides is 1. The molecule has 0 spiro atoms. The van der Waals surface area contributed by atoms with Crippen molar-refractivity contribution in [1.29, 1.82) is 0 Å². The molecule has 212 valence electrons. The molecular formula is C33H42N4O3. The first-order valence-electron chi connectivity index (χ1n) is 13.9. The molecule has 0 saturated carbocycles. The number of hydrogen-bond donors (Lipinski definition) is 2. The molecule has 0 radical (unpaired) electrons. The number of aryl methyl sites for hydroxylation is 1. The Morgan fingerprint density at radius 3 is 2.45 bits per heavy atom. The lowest BCUT2D eigenvalue weighted by Crippen LogP contribution is -2.42. The Morgan fingerprint density at radius 2 is 1.85 bits per heavy atom. The summed E-state index contributed by atoms with van der Waals surface area (Å²) in [6, 6.07) is 15.4. The average molecular weight is 543 g/mol. The van der Waals surface area contributed by atoms with Crippen LogP contribution in [-0.2, 0) is 35.1 Å². The number of phenolic OH excluding ortho intramolecular Hbond substituents is 1. The SMILES string of the molecule is CC1=CC(C(=O)NN(Cc2ccc(-c3cn(C)c(C(C)(C)C)n3)cc2)Cc2ccccc2O)=CCC1OC(C)C. The summed E-state index contributed by atoms with van der Waals surface area (Å²) in [5, 5.41) is 12.2. The van der Waals surface area contributed by atoms with E-state index in [9.17, 15) is 9.90 Å². The first-order valence-corrected chi connectivity index (χ1v) is 13.9. The molecular weight excluding hydrogens is 500 g/mol. The number of ether oxygens (including phenoxy) is 1. The zero-order chi connectivity index (χ0) is 29.0. The van der Waals surface area contributed by atoms with Gasteiger partial charge in [0.25, 0.3) is 5.91 Å². The number of aromatic hydroxyl groups is 1. The third-order valence-electron chi connectivity index (χ3n) is 6.92. The van der Waals surface area contributed by atoms with Gasteiger partial charge < -0.3 is 14.4 Å². The minimum atomic E-state index is -0.183. The maximum Gasteiger partial charge on any atom is 0.265 e. The van der Waals surface area contributed by atoms with Crippen molar-refractivity contribution in [3.63, 3.8) is 0 Å². The van der Waals surface area contributed by atoms with Crippen LogP contribution in [0.1, 0.15) is 64.9 Å². The molecule has 0 aliphatic heterocycles. The smallest absolute Gasteiger partial charge is 0.265 e. The van der Waals surface area contributed by atoms with Crippen LogP contribution in [0.3, 0.4) is 0 Å². The van der Waals surface area contributed by atoms with Gasteiger partial charge in [-0.1, -0.05) is 69.3 Å². The predicted octanol–water partition coefficient (Wildman–Crippen LogP) is 6.19. The largest absolute Gasteiger partial charge is 0.508 e. The van der Waals surface area contributed by atoms with Crippen LogP contribution in [-0.4, -0.2) is 37.8 Å². The zero-order valence-electron chi connectivity index (χ0n) is 24.7. The fourth-order valence-corrected chi connectivity index (χ4v) is 4.96. The van der Waals surface area contributed by atoms with Crippen molar-refractivity contribution in [3.05, 3.63) is 95.0 Å². The number of hydrazine groups is 1. The standard InChI is InChI=1S/C33H42N4O3/c1-22(2)40-30-17-16-26(18-23(30)3)31(39)35-37(20-27-10-8-9-11-29(27)38)19-24-12-14-25(15-13-24)28-21-36(7)32(34-28)33(4,5)6/h8-16,18,21-22,30,38H,17,19-20H2,1-7H3,(H,35,39). The number of hydrogen-bond acceptors (Lipinski definition) is 5. The zero-order valence-corrected chi connectivity index (χ0v) is 24.7. The van der Waals surface area contributed by atoms with E-state index in [0.717, 1.165) is 33.8 Å². The second-order valence-corrected chi connectivity index (χ2v) is 11.9. The highest BCUT2D eigenvalue weighted by Gasteiger charge is 2.22. The third-order valence-corrected chi connectivity index (χ3v) is 6.92. The van der Waals surface area contributed by atoms with Crippen LogP contribution in [0.25, 0.3) is 11.3 Å². The van der Waals surface area contributed by atoms with E-state index in [2.05, 4.69) is 61.2 Å². The lowest BCUT2D eigenvalue weighted by Gasteiger charge is -2.27. The summed E-state index contributed by atoms with van der Waals surface area (Å²) >= 11 is 0. The van der Waals surface area contributed by atoms with Crippen LogP contribution in [0, 0.1) is 0 Å². The van der Waals surface area contributed by atoms with E-state index >= 15 is 0 Å². The molecule has 1 aliphatic carbocycles. The molecule has 7 heteroatoms. The number of imidazole rings is 1. The second-order valence-electron chi connectivity index (χ2n) is 11.9. The van der Waals surface area contributed by atoms with Gasteiger partial charge in [-0.15, -0.1) is 0 Å². The third kappa shape index (κ3) is 7.29. The Morgan fingerprint density at radius 1 is 1.15 bits per heavy atom. The van der Waals surface area contributed by atoms with Gasteiger partial charge >= 0.3 is 0 Å². The van der Waals surface area contributed by atoms with E-state index in [1.807, 2.05) is 57.1 Å². The number of aromatic nitrogens is 2. The summed E-state index contributed by atoms with van der Waals surface area (Å²) in [5.41, 5.74) is 8.42. The molecule has 2 N–H and O–H groups in total. The van der Waals surface area contributed by atoms with Crippen LogP contribution in [0.4, 0.5) is 0 Å². The summed E-state index contributed by atoms with van der Waals surface area (Å²) < 4.78 is 8.04. The van der Waals surface area contributed by atoms with Crippen molar-refractivity contribution >= 4 is 5.91 Å². The molecule has 40 heavy (non-hydrogen) atoms. The van der Waals surface area contributed by atoms with Gasteiger partial charge in [-0.25, -0.2) is 9.99 Å². The number of benzene rings is 2. The lowest BCUT2D eigenvalue weighted by atomic mass is 9.96. The Balaban J connectivity index is 1.52. The molecule has 1 unspecified atom stereocenters. The normalized spacial score (nSPS) is 15.8. The number of para-hydroxylation sites is 1. The van der Waals surface area contributed by atoms with Crippen molar-refractivity contribution in [1.82, 2.24) is 20.0 Å². The fraction of sp³-hybridized carbons (Fsp3) is 0.394. The predicted molar refractivity (Wildman–Crippen MR) is 159 cm³/mol. The number of nitrogens with zero attached hydrogens (tertiary/aromatic N) is 3. The molecule has 3 aromatic rings. The quantitative estimate of drug-likeness (QED) is 0.315. The first kappa shape index (κ1) is 29.3. The molecule has 0 bridgehead atoms. The maximum absolute atomic E-state index is 13.3. The average Bonchev–Trinajstić information content (AvgIpc) is 3.29. The molecule has 1 atom stereocenters. The van der Waals surface area contributed by atoms with Gasteiger partial charge in [0.1, 0.15) is 11.6 Å². The number of nitrogens with one attached hydrogen (secondary N) is 1. The molecule has 1 aliphatic rings. The molecule has 1 aromatic heterocycles. The topological polar surface area (TPSA) is 79.6 Å². The van der Waals surface area contributed by atoms with Gasteiger partial charge in [0.15, 0.2) is 0 Å². The molecule has 1 amide bonds. The minimum absolute atomic E-state index is 0.00832. The summed E-state index contributed by atoms with van der Waals surface area (Å²) in [7, 11) is 2.03. The van der Waals surface area contributed by atoms with Crippen LogP contribution in [0.5, 0.6) is 5.75 Å². The maximum atomic E-state index is 13.3. The number of phenols is 1. The molecule has 0 saturated heterocycles. The van der Waals surface area contributed by atoms with E-state index in [-0.39, 0.29) is 29.3 Å².